The predicted octanol–water partition coefficient (Wildman–Crippen LogP) is 0.524. The number of benzene rings is 1. The average Bonchev–Trinajstić information content (AvgIpc) is 2.18. The first-order valence-corrected chi connectivity index (χ1v) is 5.91. The number of carboxylic acids is 1. The van der Waals surface area contributed by atoms with E-state index in [4.69, 9.17) is 10.4 Å². The topological polar surface area (TPSA) is 107 Å². The second kappa shape index (κ2) is 4.80. The lowest BCUT2D eigenvalue weighted by atomic mass is 10.2. The second-order valence-electron chi connectivity index (χ2n) is 3.06. The lowest BCUT2D eigenvalue weighted by Crippen LogP contribution is -2.22. The van der Waals surface area contributed by atoms with E-state index in [2.05, 4.69) is 0 Å². The van der Waals surface area contributed by atoms with Gasteiger partial charge in [0.05, 0.1) is 17.3 Å². The molecule has 2 N–H and O–H groups in total. The van der Waals surface area contributed by atoms with Gasteiger partial charge in [0.2, 0.25) is 10.0 Å². The number of hydrogen-bond acceptors (Lipinski definition) is 4. The zero-order valence-corrected chi connectivity index (χ0v) is 9.16. The Bertz CT molecular complexity index is 592. The van der Waals surface area contributed by atoms with Gasteiger partial charge in [-0.3, -0.25) is 9.52 Å². The SMILES string of the molecule is N#Cc1ccc(NS(=O)(=O)CC(=O)O)c(F)c1. The highest BCUT2D eigenvalue weighted by Crippen LogP contribution is 2.16. The van der Waals surface area contributed by atoms with Crippen molar-refractivity contribution in [1.82, 2.24) is 0 Å². The van der Waals surface area contributed by atoms with Crippen molar-refractivity contribution in [3.05, 3.63) is 29.6 Å². The summed E-state index contributed by atoms with van der Waals surface area (Å²) in [5.41, 5.74) is -0.367. The van der Waals surface area contributed by atoms with Crippen molar-refractivity contribution >= 4 is 21.7 Å². The highest BCUT2D eigenvalue weighted by molar-refractivity contribution is 7.93. The molecule has 1 aromatic rings. The third kappa shape index (κ3) is 3.73. The normalized spacial score (nSPS) is 10.6. The number of sulfonamides is 1. The van der Waals surface area contributed by atoms with Gasteiger partial charge in [0.25, 0.3) is 0 Å². The summed E-state index contributed by atoms with van der Waals surface area (Å²) >= 11 is 0. The largest absolute Gasteiger partial charge is 0.480 e. The maximum absolute atomic E-state index is 13.3. The highest BCUT2D eigenvalue weighted by atomic mass is 32.2. The van der Waals surface area contributed by atoms with Crippen molar-refractivity contribution < 1.29 is 22.7 Å². The maximum atomic E-state index is 13.3. The Balaban J connectivity index is 2.97. The lowest BCUT2D eigenvalue weighted by Gasteiger charge is -2.06. The van der Waals surface area contributed by atoms with Crippen LogP contribution in [-0.2, 0) is 14.8 Å². The number of carboxylic acid groups (broad SMARTS) is 1. The molecule has 0 aliphatic heterocycles. The highest BCUT2D eigenvalue weighted by Gasteiger charge is 2.17. The molecule has 0 saturated carbocycles. The van der Waals surface area contributed by atoms with E-state index in [0.29, 0.717) is 0 Å². The summed E-state index contributed by atoms with van der Waals surface area (Å²) in [4.78, 5) is 10.2. The Labute approximate surface area is 96.4 Å². The van der Waals surface area contributed by atoms with Crippen LogP contribution in [0.4, 0.5) is 10.1 Å². The van der Waals surface area contributed by atoms with Gasteiger partial charge in [0.15, 0.2) is 5.75 Å². The number of hydrogen-bond donors (Lipinski definition) is 2. The maximum Gasteiger partial charge on any atom is 0.320 e. The molecule has 0 unspecified atom stereocenters. The summed E-state index contributed by atoms with van der Waals surface area (Å²) in [5.74, 6) is -3.66. The van der Waals surface area contributed by atoms with Crippen LogP contribution in [0.25, 0.3) is 0 Å². The van der Waals surface area contributed by atoms with Crippen LogP contribution in [0, 0.1) is 17.1 Å². The molecular weight excluding hydrogens is 251 g/mol. The zero-order valence-electron chi connectivity index (χ0n) is 8.34. The second-order valence-corrected chi connectivity index (χ2v) is 4.78. The van der Waals surface area contributed by atoms with Crippen LogP contribution in [0.5, 0.6) is 0 Å². The van der Waals surface area contributed by atoms with Crippen LogP contribution in [0.3, 0.4) is 0 Å². The van der Waals surface area contributed by atoms with Crippen molar-refractivity contribution in [2.24, 2.45) is 0 Å². The number of carbonyl (C=O) groups is 1. The van der Waals surface area contributed by atoms with E-state index in [1.54, 1.807) is 10.8 Å². The van der Waals surface area contributed by atoms with E-state index in [-0.39, 0.29) is 5.56 Å². The van der Waals surface area contributed by atoms with Gasteiger partial charge in [-0.2, -0.15) is 5.26 Å². The summed E-state index contributed by atoms with van der Waals surface area (Å²) < 4.78 is 37.4. The number of nitrogens with one attached hydrogen (secondary N) is 1. The summed E-state index contributed by atoms with van der Waals surface area (Å²) in [6.45, 7) is 0. The molecule has 0 fully saturated rings. The van der Waals surface area contributed by atoms with Crippen LogP contribution in [0.1, 0.15) is 5.56 Å². The summed E-state index contributed by atoms with van der Waals surface area (Å²) in [7, 11) is -4.15. The number of rotatable bonds is 4. The average molecular weight is 258 g/mol. The quantitative estimate of drug-likeness (QED) is 0.818. The van der Waals surface area contributed by atoms with E-state index in [1.807, 2.05) is 0 Å². The smallest absolute Gasteiger partial charge is 0.320 e. The van der Waals surface area contributed by atoms with Crippen LogP contribution in [0.15, 0.2) is 18.2 Å². The first-order chi connectivity index (χ1) is 7.84. The molecule has 8 heteroatoms. The Morgan fingerprint density at radius 1 is 1.53 bits per heavy atom. The van der Waals surface area contributed by atoms with E-state index in [0.717, 1.165) is 12.1 Å². The van der Waals surface area contributed by atoms with E-state index < -0.39 is 33.3 Å². The molecule has 0 amide bonds. The van der Waals surface area contributed by atoms with Gasteiger partial charge in [-0.05, 0) is 18.2 Å². The predicted molar refractivity (Wildman–Crippen MR) is 56.2 cm³/mol. The van der Waals surface area contributed by atoms with E-state index >= 15 is 0 Å². The first kappa shape index (κ1) is 12.9. The van der Waals surface area contributed by atoms with Gasteiger partial charge in [-0.25, -0.2) is 12.8 Å². The fourth-order valence-electron chi connectivity index (χ4n) is 1.03. The summed E-state index contributed by atoms with van der Waals surface area (Å²) in [6, 6.07) is 4.78. The molecule has 1 aromatic carbocycles. The van der Waals surface area contributed by atoms with E-state index in [1.165, 1.54) is 6.07 Å². The molecular formula is C9H7FN2O4S. The van der Waals surface area contributed by atoms with Crippen molar-refractivity contribution in [3.8, 4) is 6.07 Å². The van der Waals surface area contributed by atoms with Gasteiger partial charge >= 0.3 is 5.97 Å². The van der Waals surface area contributed by atoms with E-state index in [9.17, 15) is 17.6 Å². The molecule has 0 bridgehead atoms. The van der Waals surface area contributed by atoms with Crippen molar-refractivity contribution in [2.45, 2.75) is 0 Å². The molecule has 0 radical (unpaired) electrons. The molecule has 0 atom stereocenters. The van der Waals surface area contributed by atoms with Crippen LogP contribution >= 0.6 is 0 Å². The number of halogens is 1. The standard InChI is InChI=1S/C9H7FN2O4S/c10-7-3-6(4-11)1-2-8(7)12-17(15,16)5-9(13)14/h1-3,12H,5H2,(H,13,14). The summed E-state index contributed by atoms with van der Waals surface area (Å²) in [6.07, 6.45) is 0. The lowest BCUT2D eigenvalue weighted by molar-refractivity contribution is -0.134. The molecule has 0 saturated heterocycles. The fourth-order valence-corrected chi connectivity index (χ4v) is 1.93. The minimum atomic E-state index is -4.15. The molecule has 0 aliphatic rings. The third-order valence-corrected chi connectivity index (χ3v) is 2.84. The van der Waals surface area contributed by atoms with Gasteiger partial charge in [0, 0.05) is 0 Å². The van der Waals surface area contributed by atoms with Crippen LogP contribution in [-0.4, -0.2) is 25.2 Å². The Morgan fingerprint density at radius 3 is 2.65 bits per heavy atom. The molecule has 0 spiro atoms. The molecule has 90 valence electrons. The van der Waals surface area contributed by atoms with Crippen molar-refractivity contribution in [2.75, 3.05) is 10.5 Å². The number of nitrogens with zero attached hydrogens (tertiary/aromatic N) is 1. The Hall–Kier alpha value is -2.14. The van der Waals surface area contributed by atoms with Crippen LogP contribution in [0.2, 0.25) is 0 Å². The molecule has 0 aliphatic carbocycles. The zero-order chi connectivity index (χ0) is 13.1. The van der Waals surface area contributed by atoms with Crippen molar-refractivity contribution in [1.29, 1.82) is 5.26 Å². The Kier molecular flexibility index (Phi) is 3.65. The first-order valence-electron chi connectivity index (χ1n) is 4.26. The van der Waals surface area contributed by atoms with Gasteiger partial charge in [0.1, 0.15) is 5.82 Å². The number of anilines is 1. The third-order valence-electron chi connectivity index (χ3n) is 1.68. The monoisotopic (exact) mass is 258 g/mol. The Morgan fingerprint density at radius 2 is 2.18 bits per heavy atom. The molecule has 6 nitrogen and oxygen atoms in total. The molecule has 1 rings (SSSR count). The van der Waals surface area contributed by atoms with Crippen molar-refractivity contribution in [3.63, 3.8) is 0 Å². The van der Waals surface area contributed by atoms with Crippen LogP contribution < -0.4 is 4.72 Å². The number of nitriles is 1. The minimum Gasteiger partial charge on any atom is -0.480 e. The molecule has 17 heavy (non-hydrogen) atoms. The molecule has 0 heterocycles. The number of aliphatic carboxylic acids is 1. The molecule has 0 aromatic heterocycles. The van der Waals surface area contributed by atoms with Gasteiger partial charge < -0.3 is 5.11 Å². The summed E-state index contributed by atoms with van der Waals surface area (Å²) in [5, 5.41) is 16.8. The van der Waals surface area contributed by atoms with Gasteiger partial charge in [-0.15, -0.1) is 0 Å². The van der Waals surface area contributed by atoms with Gasteiger partial charge in [-0.1, -0.05) is 0 Å². The fraction of sp³-hybridized carbons (Fsp3) is 0.111. The minimum absolute atomic E-state index is 0.0312.